The van der Waals surface area contributed by atoms with Gasteiger partial charge in [0.2, 0.25) is 0 Å². The molecule has 0 aromatic heterocycles. The third kappa shape index (κ3) is 10.4. The highest BCUT2D eigenvalue weighted by atomic mass is 14.9. The fraction of sp³-hybridized carbons (Fsp3) is 1.00. The van der Waals surface area contributed by atoms with Crippen LogP contribution in [-0.4, -0.2) is 12.6 Å². The highest BCUT2D eigenvalue weighted by Crippen LogP contribution is 2.28. The number of nitrogens with one attached hydrogen (secondary N) is 1. The predicted molar refractivity (Wildman–Crippen MR) is 88.6 cm³/mol. The lowest BCUT2D eigenvalue weighted by atomic mass is 9.81. The topological polar surface area (TPSA) is 12.0 Å². The second-order valence-corrected chi connectivity index (χ2v) is 7.67. The van der Waals surface area contributed by atoms with Gasteiger partial charge in [-0.15, -0.1) is 0 Å². The van der Waals surface area contributed by atoms with E-state index < -0.39 is 0 Å². The van der Waals surface area contributed by atoms with Crippen LogP contribution < -0.4 is 5.32 Å². The molecule has 0 saturated carbocycles. The first kappa shape index (κ1) is 19.0. The van der Waals surface area contributed by atoms with Crippen molar-refractivity contribution in [2.75, 3.05) is 6.54 Å². The van der Waals surface area contributed by atoms with Gasteiger partial charge in [-0.25, -0.2) is 0 Å². The summed E-state index contributed by atoms with van der Waals surface area (Å²) in [5.74, 6) is 1.72. The second kappa shape index (κ2) is 9.80. The van der Waals surface area contributed by atoms with E-state index in [1.54, 1.807) is 0 Å². The monoisotopic (exact) mass is 269 g/mol. The molecule has 0 aliphatic heterocycles. The minimum Gasteiger partial charge on any atom is -0.314 e. The smallest absolute Gasteiger partial charge is 0.00722 e. The molecule has 0 aliphatic carbocycles. The molecule has 2 atom stereocenters. The molecule has 1 N–H and O–H groups in total. The second-order valence-electron chi connectivity index (χ2n) is 7.67. The molecule has 19 heavy (non-hydrogen) atoms. The highest BCUT2D eigenvalue weighted by Gasteiger charge is 2.20. The van der Waals surface area contributed by atoms with Crippen LogP contribution in [0.4, 0.5) is 0 Å². The predicted octanol–water partition coefficient (Wildman–Crippen LogP) is 5.64. The van der Waals surface area contributed by atoms with Gasteiger partial charge in [-0.2, -0.15) is 0 Å². The molecule has 0 amide bonds. The maximum absolute atomic E-state index is 3.79. The summed E-state index contributed by atoms with van der Waals surface area (Å²) >= 11 is 0. The normalized spacial score (nSPS) is 15.8. The van der Waals surface area contributed by atoms with E-state index in [1.807, 2.05) is 0 Å². The van der Waals surface area contributed by atoms with Crippen LogP contribution in [-0.2, 0) is 0 Å². The summed E-state index contributed by atoms with van der Waals surface area (Å²) in [5.41, 5.74) is 0.462. The van der Waals surface area contributed by atoms with Crippen molar-refractivity contribution in [2.24, 2.45) is 17.3 Å². The van der Waals surface area contributed by atoms with Crippen molar-refractivity contribution in [2.45, 2.75) is 93.0 Å². The van der Waals surface area contributed by atoms with Crippen molar-refractivity contribution in [1.82, 2.24) is 5.32 Å². The standard InChI is InChI=1S/C18H39N/c1-8-11-19-17(13-16(9-2)10-3)12-15(4)14-18(5,6)7/h15-17,19H,8-14H2,1-7H3. The summed E-state index contributed by atoms with van der Waals surface area (Å²) in [5, 5.41) is 3.79. The van der Waals surface area contributed by atoms with E-state index in [2.05, 4.69) is 53.8 Å². The minimum absolute atomic E-state index is 0.462. The highest BCUT2D eigenvalue weighted by molar-refractivity contribution is 4.76. The van der Waals surface area contributed by atoms with Crippen molar-refractivity contribution in [3.8, 4) is 0 Å². The summed E-state index contributed by atoms with van der Waals surface area (Å²) in [7, 11) is 0. The van der Waals surface area contributed by atoms with Gasteiger partial charge in [-0.05, 0) is 49.5 Å². The SMILES string of the molecule is CCCNC(CC(C)CC(C)(C)C)CC(CC)CC. The quantitative estimate of drug-likeness (QED) is 0.541. The molecule has 0 aromatic carbocycles. The minimum atomic E-state index is 0.462. The molecular formula is C18H39N. The van der Waals surface area contributed by atoms with E-state index in [-0.39, 0.29) is 0 Å². The average Bonchev–Trinajstić information content (AvgIpc) is 2.30. The Balaban J connectivity index is 4.32. The fourth-order valence-electron chi connectivity index (χ4n) is 3.25. The van der Waals surface area contributed by atoms with Crippen molar-refractivity contribution in [1.29, 1.82) is 0 Å². The number of hydrogen-bond acceptors (Lipinski definition) is 1. The van der Waals surface area contributed by atoms with Crippen molar-refractivity contribution in [3.63, 3.8) is 0 Å². The van der Waals surface area contributed by atoms with E-state index in [4.69, 9.17) is 0 Å². The average molecular weight is 270 g/mol. The van der Waals surface area contributed by atoms with E-state index in [0.29, 0.717) is 5.41 Å². The van der Waals surface area contributed by atoms with Gasteiger partial charge < -0.3 is 5.32 Å². The van der Waals surface area contributed by atoms with Crippen LogP contribution in [0.5, 0.6) is 0 Å². The third-order valence-electron chi connectivity index (χ3n) is 4.10. The third-order valence-corrected chi connectivity index (χ3v) is 4.10. The molecule has 0 fully saturated rings. The molecule has 1 heteroatoms. The molecule has 1 nitrogen and oxygen atoms in total. The lowest BCUT2D eigenvalue weighted by Crippen LogP contribution is -2.34. The zero-order valence-electron chi connectivity index (χ0n) is 14.7. The van der Waals surface area contributed by atoms with Gasteiger partial charge in [0, 0.05) is 6.04 Å². The first-order valence-electron chi connectivity index (χ1n) is 8.55. The zero-order valence-corrected chi connectivity index (χ0v) is 14.7. The van der Waals surface area contributed by atoms with Gasteiger partial charge in [0.05, 0.1) is 0 Å². The zero-order chi connectivity index (χ0) is 14.9. The first-order chi connectivity index (χ1) is 8.82. The van der Waals surface area contributed by atoms with Crippen molar-refractivity contribution in [3.05, 3.63) is 0 Å². The van der Waals surface area contributed by atoms with Gasteiger partial charge in [-0.3, -0.25) is 0 Å². The van der Waals surface area contributed by atoms with E-state index in [0.717, 1.165) is 17.9 Å². The van der Waals surface area contributed by atoms with Gasteiger partial charge in [0.1, 0.15) is 0 Å². The van der Waals surface area contributed by atoms with Crippen LogP contribution in [0.1, 0.15) is 87.0 Å². The van der Waals surface area contributed by atoms with Crippen LogP contribution >= 0.6 is 0 Å². The molecule has 0 aliphatic rings. The maximum Gasteiger partial charge on any atom is 0.00722 e. The van der Waals surface area contributed by atoms with E-state index in [9.17, 15) is 0 Å². The van der Waals surface area contributed by atoms with Crippen molar-refractivity contribution < 1.29 is 0 Å². The van der Waals surface area contributed by atoms with E-state index >= 15 is 0 Å². The molecule has 116 valence electrons. The lowest BCUT2D eigenvalue weighted by Gasteiger charge is -2.29. The summed E-state index contributed by atoms with van der Waals surface area (Å²) in [6, 6.07) is 0.724. The Morgan fingerprint density at radius 1 is 0.947 bits per heavy atom. The van der Waals surface area contributed by atoms with Gasteiger partial charge in [0.15, 0.2) is 0 Å². The number of hydrogen-bond donors (Lipinski definition) is 1. The van der Waals surface area contributed by atoms with Crippen LogP contribution in [0.3, 0.4) is 0 Å². The lowest BCUT2D eigenvalue weighted by molar-refractivity contribution is 0.255. The van der Waals surface area contributed by atoms with Crippen LogP contribution in [0, 0.1) is 17.3 Å². The van der Waals surface area contributed by atoms with Crippen LogP contribution in [0.25, 0.3) is 0 Å². The van der Waals surface area contributed by atoms with Crippen molar-refractivity contribution >= 4 is 0 Å². The van der Waals surface area contributed by atoms with Gasteiger partial charge in [-0.1, -0.05) is 61.3 Å². The molecule has 0 heterocycles. The number of rotatable bonds is 10. The Morgan fingerprint density at radius 2 is 1.53 bits per heavy atom. The van der Waals surface area contributed by atoms with Gasteiger partial charge in [0.25, 0.3) is 0 Å². The molecule has 0 saturated heterocycles. The largest absolute Gasteiger partial charge is 0.314 e. The molecule has 0 rings (SSSR count). The summed E-state index contributed by atoms with van der Waals surface area (Å²) in [4.78, 5) is 0. The van der Waals surface area contributed by atoms with Crippen LogP contribution in [0.15, 0.2) is 0 Å². The van der Waals surface area contributed by atoms with Gasteiger partial charge >= 0.3 is 0 Å². The summed E-state index contributed by atoms with van der Waals surface area (Å²) in [6.45, 7) is 17.6. The molecule has 0 aromatic rings. The molecule has 0 bridgehead atoms. The van der Waals surface area contributed by atoms with E-state index in [1.165, 1.54) is 45.1 Å². The Morgan fingerprint density at radius 3 is 1.95 bits per heavy atom. The first-order valence-corrected chi connectivity index (χ1v) is 8.55. The van der Waals surface area contributed by atoms with Crippen LogP contribution in [0.2, 0.25) is 0 Å². The molecular weight excluding hydrogens is 230 g/mol. The maximum atomic E-state index is 3.79. The summed E-state index contributed by atoms with van der Waals surface area (Å²) < 4.78 is 0. The fourth-order valence-corrected chi connectivity index (χ4v) is 3.25. The molecule has 0 spiro atoms. The molecule has 2 unspecified atom stereocenters. The summed E-state index contributed by atoms with van der Waals surface area (Å²) in [6.07, 6.45) is 7.94. The molecule has 0 radical (unpaired) electrons. The Kier molecular flexibility index (Phi) is 9.78. The Labute approximate surface area is 122 Å². The Bertz CT molecular complexity index is 200. The Hall–Kier alpha value is -0.0400.